The van der Waals surface area contributed by atoms with Gasteiger partial charge >= 0.3 is 0 Å². The average Bonchev–Trinajstić information content (AvgIpc) is 3.02. The molecule has 1 aliphatic rings. The molecule has 1 amide bonds. The fourth-order valence-corrected chi connectivity index (χ4v) is 4.17. The van der Waals surface area contributed by atoms with E-state index in [0.717, 1.165) is 25.2 Å². The van der Waals surface area contributed by atoms with E-state index in [-0.39, 0.29) is 17.1 Å². The van der Waals surface area contributed by atoms with E-state index in [2.05, 4.69) is 18.7 Å². The van der Waals surface area contributed by atoms with E-state index >= 15 is 0 Å². The Labute approximate surface area is 174 Å². The molecule has 2 aromatic carbocycles. The predicted octanol–water partition coefficient (Wildman–Crippen LogP) is 4.33. The highest BCUT2D eigenvalue weighted by Crippen LogP contribution is 2.38. The lowest BCUT2D eigenvalue weighted by atomic mass is 9.98. The number of amides is 1. The molecule has 5 nitrogen and oxygen atoms in total. The lowest BCUT2D eigenvalue weighted by Crippen LogP contribution is -2.37. The second kappa shape index (κ2) is 8.01. The van der Waals surface area contributed by atoms with Crippen LogP contribution in [0.5, 0.6) is 0 Å². The zero-order chi connectivity index (χ0) is 20.5. The maximum Gasteiger partial charge on any atom is 0.290 e. The minimum Gasteiger partial charge on any atom is -0.450 e. The van der Waals surface area contributed by atoms with E-state index in [1.54, 1.807) is 23.1 Å². The fraction of sp³-hybridized carbons (Fsp3) is 0.304. The quantitative estimate of drug-likeness (QED) is 0.606. The molecule has 4 rings (SSSR count). The van der Waals surface area contributed by atoms with Gasteiger partial charge in [-0.3, -0.25) is 9.59 Å². The summed E-state index contributed by atoms with van der Waals surface area (Å²) in [5.74, 6) is -0.104. The first-order chi connectivity index (χ1) is 14.0. The van der Waals surface area contributed by atoms with Gasteiger partial charge in [-0.05, 0) is 36.9 Å². The second-order valence-electron chi connectivity index (χ2n) is 7.15. The summed E-state index contributed by atoms with van der Waals surface area (Å²) >= 11 is 6.11. The van der Waals surface area contributed by atoms with E-state index in [4.69, 9.17) is 16.0 Å². The Hall–Kier alpha value is -2.63. The maximum atomic E-state index is 13.4. The first-order valence-corrected chi connectivity index (χ1v) is 10.3. The average molecular weight is 411 g/mol. The lowest BCUT2D eigenvalue weighted by molar-refractivity contribution is 0.0708. The van der Waals surface area contributed by atoms with Gasteiger partial charge in [0.05, 0.1) is 17.0 Å². The third-order valence-corrected chi connectivity index (χ3v) is 5.83. The van der Waals surface area contributed by atoms with Crippen molar-refractivity contribution < 1.29 is 9.21 Å². The first-order valence-electron chi connectivity index (χ1n) is 9.89. The van der Waals surface area contributed by atoms with Gasteiger partial charge in [-0.2, -0.15) is 0 Å². The number of fused-ring (bicyclic) bond motifs is 2. The van der Waals surface area contributed by atoms with Crippen LogP contribution < -0.4 is 5.43 Å². The molecule has 0 bridgehead atoms. The predicted molar refractivity (Wildman–Crippen MR) is 115 cm³/mol. The Kier molecular flexibility index (Phi) is 5.43. The van der Waals surface area contributed by atoms with Crippen molar-refractivity contribution in [2.45, 2.75) is 19.9 Å². The number of carbonyl (C=O) groups is 1. The zero-order valence-corrected chi connectivity index (χ0v) is 17.3. The summed E-state index contributed by atoms with van der Waals surface area (Å²) in [7, 11) is 0. The van der Waals surface area contributed by atoms with Gasteiger partial charge in [0.25, 0.3) is 5.91 Å². The maximum absolute atomic E-state index is 13.4. The Bertz CT molecular complexity index is 1110. The van der Waals surface area contributed by atoms with E-state index in [0.29, 0.717) is 28.1 Å². The van der Waals surface area contributed by atoms with Crippen LogP contribution in [0.2, 0.25) is 5.02 Å². The number of carbonyl (C=O) groups excluding carboxylic acids is 1. The molecule has 6 heteroatoms. The monoisotopic (exact) mass is 410 g/mol. The highest BCUT2D eigenvalue weighted by Gasteiger charge is 2.42. The molecule has 0 saturated heterocycles. The highest BCUT2D eigenvalue weighted by atomic mass is 35.5. The lowest BCUT2D eigenvalue weighted by Gasteiger charge is -2.28. The number of halogens is 1. The SMILES string of the molecule is CCN(CC)CCN1C(=O)c2oc3ccc(Cl)cc3c(=O)c2[C@H]1c1ccccc1. The molecule has 1 atom stereocenters. The van der Waals surface area contributed by atoms with Gasteiger partial charge in [0.15, 0.2) is 5.43 Å². The van der Waals surface area contributed by atoms with Crippen molar-refractivity contribution >= 4 is 28.5 Å². The molecule has 0 unspecified atom stereocenters. The molecule has 150 valence electrons. The molecular formula is C23H23ClN2O3. The summed E-state index contributed by atoms with van der Waals surface area (Å²) in [6.07, 6.45) is 0. The molecule has 1 aliphatic heterocycles. The van der Waals surface area contributed by atoms with Crippen LogP contribution >= 0.6 is 11.6 Å². The van der Waals surface area contributed by atoms with Crippen LogP contribution in [0.1, 0.15) is 41.6 Å². The van der Waals surface area contributed by atoms with E-state index in [1.165, 1.54) is 0 Å². The van der Waals surface area contributed by atoms with E-state index in [9.17, 15) is 9.59 Å². The highest BCUT2D eigenvalue weighted by molar-refractivity contribution is 6.31. The molecule has 2 heterocycles. The van der Waals surface area contributed by atoms with Crippen LogP contribution in [-0.4, -0.2) is 41.9 Å². The van der Waals surface area contributed by atoms with Crippen LogP contribution in [0.15, 0.2) is 57.7 Å². The van der Waals surface area contributed by atoms with Crippen molar-refractivity contribution in [1.29, 1.82) is 0 Å². The van der Waals surface area contributed by atoms with Crippen LogP contribution in [0, 0.1) is 0 Å². The van der Waals surface area contributed by atoms with Gasteiger partial charge in [0.1, 0.15) is 5.58 Å². The summed E-state index contributed by atoms with van der Waals surface area (Å²) in [6, 6.07) is 14.1. The smallest absolute Gasteiger partial charge is 0.290 e. The normalized spacial score (nSPS) is 16.1. The first kappa shape index (κ1) is 19.7. The number of hydrogen-bond acceptors (Lipinski definition) is 4. The summed E-state index contributed by atoms with van der Waals surface area (Å²) in [5.41, 5.74) is 1.48. The fourth-order valence-electron chi connectivity index (χ4n) is 3.99. The number of likely N-dealkylation sites (N-methyl/N-ethyl adjacent to an activating group) is 1. The third-order valence-electron chi connectivity index (χ3n) is 5.59. The van der Waals surface area contributed by atoms with E-state index in [1.807, 2.05) is 30.3 Å². The molecule has 0 aliphatic carbocycles. The van der Waals surface area contributed by atoms with Gasteiger partial charge in [0.2, 0.25) is 5.76 Å². The van der Waals surface area contributed by atoms with E-state index < -0.39 is 6.04 Å². The number of hydrogen-bond donors (Lipinski definition) is 0. The van der Waals surface area contributed by atoms with Crippen molar-refractivity contribution in [2.24, 2.45) is 0 Å². The Balaban J connectivity index is 1.87. The van der Waals surface area contributed by atoms with Crippen molar-refractivity contribution in [2.75, 3.05) is 26.2 Å². The summed E-state index contributed by atoms with van der Waals surface area (Å²) in [4.78, 5) is 30.7. The molecular weight excluding hydrogens is 388 g/mol. The molecule has 0 N–H and O–H groups in total. The van der Waals surface area contributed by atoms with Crippen LogP contribution in [0.25, 0.3) is 11.0 Å². The van der Waals surface area contributed by atoms with Crippen molar-refractivity contribution in [1.82, 2.24) is 9.80 Å². The number of benzene rings is 2. The number of nitrogens with zero attached hydrogens (tertiary/aromatic N) is 2. The standard InChI is InChI=1S/C23H23ClN2O3/c1-3-25(4-2)12-13-26-20(15-8-6-5-7-9-15)19-21(27)17-14-16(24)10-11-18(17)29-22(19)23(26)28/h5-11,14,20H,3-4,12-13H2,1-2H3/t20-/m1/s1. The topological polar surface area (TPSA) is 53.8 Å². The number of rotatable bonds is 6. The molecule has 29 heavy (non-hydrogen) atoms. The van der Waals surface area contributed by atoms with Gasteiger partial charge in [0, 0.05) is 18.1 Å². The molecule has 0 spiro atoms. The molecule has 0 saturated carbocycles. The van der Waals surface area contributed by atoms with Crippen molar-refractivity contribution in [3.8, 4) is 0 Å². The van der Waals surface area contributed by atoms with Gasteiger partial charge in [-0.1, -0.05) is 55.8 Å². The van der Waals surface area contributed by atoms with Gasteiger partial charge in [-0.15, -0.1) is 0 Å². The van der Waals surface area contributed by atoms with Crippen LogP contribution in [0.3, 0.4) is 0 Å². The molecule has 3 aromatic rings. The Morgan fingerprint density at radius 1 is 1.07 bits per heavy atom. The summed E-state index contributed by atoms with van der Waals surface area (Å²) < 4.78 is 5.93. The Morgan fingerprint density at radius 2 is 1.79 bits per heavy atom. The minimum absolute atomic E-state index is 0.137. The van der Waals surface area contributed by atoms with Crippen molar-refractivity contribution in [3.63, 3.8) is 0 Å². The second-order valence-corrected chi connectivity index (χ2v) is 7.59. The third kappa shape index (κ3) is 3.45. The molecule has 0 radical (unpaired) electrons. The van der Waals surface area contributed by atoms with Gasteiger partial charge < -0.3 is 14.2 Å². The van der Waals surface area contributed by atoms with Crippen LogP contribution in [-0.2, 0) is 0 Å². The van der Waals surface area contributed by atoms with Crippen molar-refractivity contribution in [3.05, 3.63) is 80.7 Å². The molecule has 1 aromatic heterocycles. The molecule has 0 fully saturated rings. The summed E-state index contributed by atoms with van der Waals surface area (Å²) in [6.45, 7) is 7.25. The van der Waals surface area contributed by atoms with Crippen LogP contribution in [0.4, 0.5) is 0 Å². The Morgan fingerprint density at radius 3 is 2.48 bits per heavy atom. The summed E-state index contributed by atoms with van der Waals surface area (Å²) in [5, 5.41) is 0.860. The minimum atomic E-state index is -0.464. The van der Waals surface area contributed by atoms with Gasteiger partial charge in [-0.25, -0.2) is 0 Å². The zero-order valence-electron chi connectivity index (χ0n) is 16.5. The largest absolute Gasteiger partial charge is 0.450 e.